The Kier molecular flexibility index (Phi) is 7.12. The number of aromatic nitrogens is 2. The number of hydrogen-bond donors (Lipinski definition) is 1. The van der Waals surface area contributed by atoms with Crippen molar-refractivity contribution in [1.29, 1.82) is 0 Å². The molecule has 1 aromatic heterocycles. The minimum atomic E-state index is -0.429. The third-order valence-electron chi connectivity index (χ3n) is 4.39. The Balaban J connectivity index is 1.56. The largest absolute Gasteiger partial charge is 0.462 e. The average Bonchev–Trinajstić information content (AvgIpc) is 3.21. The van der Waals surface area contributed by atoms with E-state index >= 15 is 0 Å². The molecule has 0 radical (unpaired) electrons. The first-order valence-electron chi connectivity index (χ1n) is 9.90. The van der Waals surface area contributed by atoms with Crippen LogP contribution in [0.25, 0.3) is 11.5 Å². The molecule has 162 valence electrons. The van der Waals surface area contributed by atoms with Gasteiger partial charge in [-0.25, -0.2) is 4.79 Å². The van der Waals surface area contributed by atoms with Gasteiger partial charge in [0, 0.05) is 11.3 Å². The molecule has 3 rings (SSSR count). The summed E-state index contributed by atoms with van der Waals surface area (Å²) in [4.78, 5) is 24.1. The van der Waals surface area contributed by atoms with Crippen molar-refractivity contribution in [2.45, 2.75) is 38.3 Å². The molecule has 8 heteroatoms. The average molecular weight is 440 g/mol. The molecule has 1 amide bonds. The molecule has 0 saturated carbocycles. The fourth-order valence-corrected chi connectivity index (χ4v) is 3.32. The van der Waals surface area contributed by atoms with Crippen LogP contribution in [-0.2, 0) is 14.9 Å². The molecule has 0 spiro atoms. The van der Waals surface area contributed by atoms with E-state index in [1.807, 2.05) is 24.3 Å². The lowest BCUT2D eigenvalue weighted by Crippen LogP contribution is -2.14. The Labute approximate surface area is 185 Å². The molecule has 0 aliphatic carbocycles. The number of rotatable bonds is 7. The molecular weight excluding hydrogens is 414 g/mol. The normalized spacial score (nSPS) is 11.2. The smallest absolute Gasteiger partial charge is 0.338 e. The van der Waals surface area contributed by atoms with E-state index < -0.39 is 5.97 Å². The highest BCUT2D eigenvalue weighted by molar-refractivity contribution is 7.99. The Bertz CT molecular complexity index is 1060. The van der Waals surface area contributed by atoms with Gasteiger partial charge in [-0.1, -0.05) is 50.7 Å². The number of esters is 1. The number of nitrogens with zero attached hydrogens (tertiary/aromatic N) is 2. The zero-order chi connectivity index (χ0) is 22.4. The predicted octanol–water partition coefficient (Wildman–Crippen LogP) is 4.94. The summed E-state index contributed by atoms with van der Waals surface area (Å²) in [6, 6.07) is 14.6. The third-order valence-corrected chi connectivity index (χ3v) is 5.21. The molecular formula is C23H25N3O4S. The first-order chi connectivity index (χ1) is 14.8. The van der Waals surface area contributed by atoms with Gasteiger partial charge in [0.25, 0.3) is 5.22 Å². The second kappa shape index (κ2) is 9.78. The lowest BCUT2D eigenvalue weighted by atomic mass is 9.87. The van der Waals surface area contributed by atoms with Crippen molar-refractivity contribution >= 4 is 29.3 Å². The monoisotopic (exact) mass is 439 g/mol. The predicted molar refractivity (Wildman–Crippen MR) is 120 cm³/mol. The van der Waals surface area contributed by atoms with E-state index in [-0.39, 0.29) is 17.1 Å². The number of ether oxygens (including phenoxy) is 1. The van der Waals surface area contributed by atoms with E-state index in [1.165, 1.54) is 5.56 Å². The fourth-order valence-electron chi connectivity index (χ4n) is 2.76. The van der Waals surface area contributed by atoms with Crippen LogP contribution in [0.1, 0.15) is 43.6 Å². The molecule has 0 saturated heterocycles. The number of carbonyl (C=O) groups is 2. The maximum Gasteiger partial charge on any atom is 0.338 e. The molecule has 7 nitrogen and oxygen atoms in total. The topological polar surface area (TPSA) is 94.3 Å². The second-order valence-electron chi connectivity index (χ2n) is 7.84. The lowest BCUT2D eigenvalue weighted by molar-refractivity contribution is -0.113. The van der Waals surface area contributed by atoms with Crippen LogP contribution >= 0.6 is 11.8 Å². The van der Waals surface area contributed by atoms with Crippen molar-refractivity contribution in [2.75, 3.05) is 17.7 Å². The molecule has 2 aromatic carbocycles. The highest BCUT2D eigenvalue weighted by Crippen LogP contribution is 2.27. The van der Waals surface area contributed by atoms with Gasteiger partial charge in [-0.3, -0.25) is 4.79 Å². The molecule has 3 aromatic rings. The van der Waals surface area contributed by atoms with Crippen molar-refractivity contribution in [3.8, 4) is 11.5 Å². The minimum absolute atomic E-state index is 0.0670. The Morgan fingerprint density at radius 3 is 2.52 bits per heavy atom. The van der Waals surface area contributed by atoms with Gasteiger partial charge in [-0.05, 0) is 48.2 Å². The quantitative estimate of drug-likeness (QED) is 0.411. The highest BCUT2D eigenvalue weighted by Gasteiger charge is 2.15. The molecule has 0 fully saturated rings. The zero-order valence-corrected chi connectivity index (χ0v) is 18.8. The first-order valence-corrected chi connectivity index (χ1v) is 10.9. The van der Waals surface area contributed by atoms with Crippen LogP contribution in [0, 0.1) is 0 Å². The SMILES string of the molecule is CCOC(=O)c1cccc(NC(=O)CSc2nnc(-c3ccc(C(C)(C)C)cc3)o2)c1. The number of amides is 1. The van der Waals surface area contributed by atoms with Gasteiger partial charge in [0.05, 0.1) is 17.9 Å². The Hall–Kier alpha value is -3.13. The molecule has 0 aliphatic rings. The first kappa shape index (κ1) is 22.6. The molecule has 0 bridgehead atoms. The van der Waals surface area contributed by atoms with Gasteiger partial charge in [0.1, 0.15) is 0 Å². The van der Waals surface area contributed by atoms with Crippen LogP contribution in [0.4, 0.5) is 5.69 Å². The van der Waals surface area contributed by atoms with Gasteiger partial charge in [-0.2, -0.15) is 0 Å². The number of hydrogen-bond acceptors (Lipinski definition) is 7. The van der Waals surface area contributed by atoms with Gasteiger partial charge < -0.3 is 14.5 Å². The fraction of sp³-hybridized carbons (Fsp3) is 0.304. The van der Waals surface area contributed by atoms with Gasteiger partial charge >= 0.3 is 5.97 Å². The van der Waals surface area contributed by atoms with Crippen LogP contribution in [0.3, 0.4) is 0 Å². The van der Waals surface area contributed by atoms with Gasteiger partial charge in [0.15, 0.2) is 0 Å². The minimum Gasteiger partial charge on any atom is -0.462 e. The maximum atomic E-state index is 12.3. The number of benzene rings is 2. The van der Waals surface area contributed by atoms with E-state index in [9.17, 15) is 9.59 Å². The molecule has 31 heavy (non-hydrogen) atoms. The Morgan fingerprint density at radius 1 is 1.10 bits per heavy atom. The number of thioether (sulfide) groups is 1. The summed E-state index contributed by atoms with van der Waals surface area (Å²) < 4.78 is 10.6. The number of nitrogens with one attached hydrogen (secondary N) is 1. The Morgan fingerprint density at radius 2 is 1.84 bits per heavy atom. The van der Waals surface area contributed by atoms with E-state index in [0.29, 0.717) is 29.0 Å². The van der Waals surface area contributed by atoms with Crippen molar-refractivity contribution < 1.29 is 18.7 Å². The summed E-state index contributed by atoms with van der Waals surface area (Å²) in [5, 5.41) is 11.1. The standard InChI is InChI=1S/C23H25N3O4S/c1-5-29-21(28)16-7-6-8-18(13-16)24-19(27)14-31-22-26-25-20(30-22)15-9-11-17(12-10-15)23(2,3)4/h6-13H,5,14H2,1-4H3,(H,24,27). The number of carbonyl (C=O) groups excluding carboxylic acids is 2. The summed E-state index contributed by atoms with van der Waals surface area (Å²) in [6.07, 6.45) is 0. The summed E-state index contributed by atoms with van der Waals surface area (Å²) >= 11 is 1.15. The third kappa shape index (κ3) is 6.18. The molecule has 0 aliphatic heterocycles. The molecule has 0 atom stereocenters. The van der Waals surface area contributed by atoms with Crippen molar-refractivity contribution in [3.05, 3.63) is 59.7 Å². The van der Waals surface area contributed by atoms with Crippen molar-refractivity contribution in [3.63, 3.8) is 0 Å². The zero-order valence-electron chi connectivity index (χ0n) is 18.0. The molecule has 1 N–H and O–H groups in total. The van der Waals surface area contributed by atoms with E-state index in [1.54, 1.807) is 31.2 Å². The van der Waals surface area contributed by atoms with E-state index in [0.717, 1.165) is 17.3 Å². The lowest BCUT2D eigenvalue weighted by Gasteiger charge is -2.18. The van der Waals surface area contributed by atoms with E-state index in [4.69, 9.17) is 9.15 Å². The van der Waals surface area contributed by atoms with E-state index in [2.05, 4.69) is 36.3 Å². The van der Waals surface area contributed by atoms with Crippen LogP contribution in [0.2, 0.25) is 0 Å². The van der Waals surface area contributed by atoms with Crippen LogP contribution in [-0.4, -0.2) is 34.4 Å². The summed E-state index contributed by atoms with van der Waals surface area (Å²) in [5.41, 5.74) is 3.01. The second-order valence-corrected chi connectivity index (χ2v) is 8.77. The van der Waals surface area contributed by atoms with Crippen molar-refractivity contribution in [2.24, 2.45) is 0 Å². The van der Waals surface area contributed by atoms with Crippen LogP contribution < -0.4 is 5.32 Å². The highest BCUT2D eigenvalue weighted by atomic mass is 32.2. The van der Waals surface area contributed by atoms with Crippen molar-refractivity contribution in [1.82, 2.24) is 10.2 Å². The van der Waals surface area contributed by atoms with Crippen LogP contribution in [0.5, 0.6) is 0 Å². The summed E-state index contributed by atoms with van der Waals surface area (Å²) in [5.74, 6) is -0.179. The number of anilines is 1. The molecule has 1 heterocycles. The molecule has 0 unspecified atom stereocenters. The van der Waals surface area contributed by atoms with Crippen LogP contribution in [0.15, 0.2) is 58.2 Å². The maximum absolute atomic E-state index is 12.3. The van der Waals surface area contributed by atoms with Gasteiger partial charge in [0.2, 0.25) is 11.8 Å². The summed E-state index contributed by atoms with van der Waals surface area (Å²) in [7, 11) is 0. The summed E-state index contributed by atoms with van der Waals surface area (Å²) in [6.45, 7) is 8.49. The van der Waals surface area contributed by atoms with Gasteiger partial charge in [-0.15, -0.1) is 10.2 Å².